The van der Waals surface area contributed by atoms with Gasteiger partial charge in [-0.1, -0.05) is 26.7 Å². The third kappa shape index (κ3) is 5.48. The first-order chi connectivity index (χ1) is 10.6. The maximum atomic E-state index is 12.1. The average Bonchev–Trinajstić information content (AvgIpc) is 2.49. The van der Waals surface area contributed by atoms with Gasteiger partial charge < -0.3 is 9.84 Å². The molecule has 0 bridgehead atoms. The largest absolute Gasteiger partial charge is 0.494 e. The quantitative estimate of drug-likeness (QED) is 0.544. The van der Waals surface area contributed by atoms with Crippen molar-refractivity contribution in [2.75, 3.05) is 6.61 Å². The van der Waals surface area contributed by atoms with Gasteiger partial charge in [-0.2, -0.15) is 5.10 Å². The number of aliphatic hydroxyl groups is 1. The van der Waals surface area contributed by atoms with E-state index in [1.54, 1.807) is 6.21 Å². The van der Waals surface area contributed by atoms with Gasteiger partial charge in [-0.3, -0.25) is 4.79 Å². The summed E-state index contributed by atoms with van der Waals surface area (Å²) in [5, 5.41) is 14.3. The minimum Gasteiger partial charge on any atom is -0.494 e. The first-order valence-corrected chi connectivity index (χ1v) is 7.84. The van der Waals surface area contributed by atoms with Crippen molar-refractivity contribution in [1.29, 1.82) is 0 Å². The number of nitrogens with zero attached hydrogens (tertiary/aromatic N) is 1. The molecule has 1 aromatic carbocycles. The van der Waals surface area contributed by atoms with Crippen LogP contribution in [0.1, 0.15) is 52.0 Å². The van der Waals surface area contributed by atoms with Crippen molar-refractivity contribution < 1.29 is 14.6 Å². The Kier molecular flexibility index (Phi) is 7.60. The third-order valence-corrected chi connectivity index (χ3v) is 3.32. The predicted octanol–water partition coefficient (Wildman–Crippen LogP) is 2.87. The maximum Gasteiger partial charge on any atom is 0.271 e. The van der Waals surface area contributed by atoms with Crippen LogP contribution in [0.25, 0.3) is 0 Å². The second-order valence-corrected chi connectivity index (χ2v) is 5.23. The molecule has 5 heteroatoms. The number of benzene rings is 1. The van der Waals surface area contributed by atoms with Crippen LogP contribution < -0.4 is 10.2 Å². The predicted molar refractivity (Wildman–Crippen MR) is 88.1 cm³/mol. The van der Waals surface area contributed by atoms with Crippen molar-refractivity contribution in [2.45, 2.75) is 52.1 Å². The number of hydrogen-bond donors (Lipinski definition) is 2. The van der Waals surface area contributed by atoms with Gasteiger partial charge in [-0.25, -0.2) is 5.43 Å². The second kappa shape index (κ2) is 9.20. The maximum absolute atomic E-state index is 12.1. The zero-order valence-electron chi connectivity index (χ0n) is 13.6. The lowest BCUT2D eigenvalue weighted by molar-refractivity contribution is -0.141. The van der Waals surface area contributed by atoms with Gasteiger partial charge in [0.1, 0.15) is 11.4 Å². The SMILES string of the molecule is CCCC(O)(CCC)C(=O)NN=Cc1ccc(OCC)cc1. The molecule has 122 valence electrons. The lowest BCUT2D eigenvalue weighted by atomic mass is 9.92. The van der Waals surface area contributed by atoms with Crippen molar-refractivity contribution in [1.82, 2.24) is 5.43 Å². The van der Waals surface area contributed by atoms with E-state index < -0.39 is 11.5 Å². The van der Waals surface area contributed by atoms with Crippen LogP contribution >= 0.6 is 0 Å². The number of carbonyl (C=O) groups excluding carboxylic acids is 1. The molecule has 0 unspecified atom stereocenters. The van der Waals surface area contributed by atoms with E-state index >= 15 is 0 Å². The van der Waals surface area contributed by atoms with Crippen LogP contribution in [0.15, 0.2) is 29.4 Å². The lowest BCUT2D eigenvalue weighted by Gasteiger charge is -2.24. The molecule has 0 spiro atoms. The number of hydrazone groups is 1. The summed E-state index contributed by atoms with van der Waals surface area (Å²) in [7, 11) is 0. The zero-order chi connectivity index (χ0) is 16.4. The van der Waals surface area contributed by atoms with Crippen LogP contribution in [0.5, 0.6) is 5.75 Å². The van der Waals surface area contributed by atoms with Crippen LogP contribution in [-0.4, -0.2) is 29.4 Å². The summed E-state index contributed by atoms with van der Waals surface area (Å²) in [6, 6.07) is 7.39. The van der Waals surface area contributed by atoms with Crippen LogP contribution in [0.4, 0.5) is 0 Å². The first-order valence-electron chi connectivity index (χ1n) is 7.84. The van der Waals surface area contributed by atoms with E-state index in [9.17, 15) is 9.90 Å². The van der Waals surface area contributed by atoms with Gasteiger partial charge in [0, 0.05) is 0 Å². The fourth-order valence-corrected chi connectivity index (χ4v) is 2.27. The summed E-state index contributed by atoms with van der Waals surface area (Å²) in [4.78, 5) is 12.1. The number of carbonyl (C=O) groups is 1. The molecule has 22 heavy (non-hydrogen) atoms. The minimum absolute atomic E-state index is 0.436. The molecule has 0 atom stereocenters. The normalized spacial score (nSPS) is 11.6. The van der Waals surface area contributed by atoms with E-state index in [4.69, 9.17) is 4.74 Å². The highest BCUT2D eigenvalue weighted by molar-refractivity contribution is 5.87. The Morgan fingerprint density at radius 3 is 2.32 bits per heavy atom. The minimum atomic E-state index is -1.33. The molecular formula is C17H26N2O3. The molecule has 1 amide bonds. The summed E-state index contributed by atoms with van der Waals surface area (Å²) in [6.45, 7) is 6.43. The molecule has 0 aromatic heterocycles. The molecule has 5 nitrogen and oxygen atoms in total. The number of amides is 1. The smallest absolute Gasteiger partial charge is 0.271 e. The molecule has 0 radical (unpaired) electrons. The Hall–Kier alpha value is -1.88. The van der Waals surface area contributed by atoms with Gasteiger partial charge in [0.25, 0.3) is 5.91 Å². The molecule has 1 aromatic rings. The number of nitrogens with one attached hydrogen (secondary N) is 1. The molecule has 1 rings (SSSR count). The Morgan fingerprint density at radius 2 is 1.82 bits per heavy atom. The summed E-state index contributed by atoms with van der Waals surface area (Å²) >= 11 is 0. The van der Waals surface area contributed by atoms with E-state index in [1.807, 2.05) is 45.0 Å². The van der Waals surface area contributed by atoms with Crippen molar-refractivity contribution >= 4 is 12.1 Å². The van der Waals surface area contributed by atoms with Crippen LogP contribution in [0, 0.1) is 0 Å². The fraction of sp³-hybridized carbons (Fsp3) is 0.529. The van der Waals surface area contributed by atoms with Gasteiger partial charge in [0.2, 0.25) is 0 Å². The Labute approximate surface area is 132 Å². The third-order valence-electron chi connectivity index (χ3n) is 3.32. The van der Waals surface area contributed by atoms with Crippen LogP contribution in [0.3, 0.4) is 0 Å². The van der Waals surface area contributed by atoms with Crippen LogP contribution in [0.2, 0.25) is 0 Å². The Balaban J connectivity index is 2.61. The van der Waals surface area contributed by atoms with Gasteiger partial charge in [0.05, 0.1) is 12.8 Å². The van der Waals surface area contributed by atoms with Gasteiger partial charge >= 0.3 is 0 Å². The topological polar surface area (TPSA) is 70.9 Å². The molecule has 0 saturated carbocycles. The summed E-state index contributed by atoms with van der Waals surface area (Å²) in [6.07, 6.45) is 3.90. The van der Waals surface area contributed by atoms with Crippen molar-refractivity contribution in [3.05, 3.63) is 29.8 Å². The van der Waals surface area contributed by atoms with Gasteiger partial charge in [0.15, 0.2) is 0 Å². The number of ether oxygens (including phenoxy) is 1. The summed E-state index contributed by atoms with van der Waals surface area (Å²) in [5.74, 6) is 0.349. The molecular weight excluding hydrogens is 280 g/mol. The lowest BCUT2D eigenvalue weighted by Crippen LogP contribution is -2.45. The van der Waals surface area contributed by atoms with E-state index in [2.05, 4.69) is 10.5 Å². The average molecular weight is 306 g/mol. The van der Waals surface area contributed by atoms with Gasteiger partial charge in [-0.15, -0.1) is 0 Å². The fourth-order valence-electron chi connectivity index (χ4n) is 2.27. The highest BCUT2D eigenvalue weighted by atomic mass is 16.5. The van der Waals surface area contributed by atoms with Crippen molar-refractivity contribution in [3.8, 4) is 5.75 Å². The molecule has 0 saturated heterocycles. The zero-order valence-corrected chi connectivity index (χ0v) is 13.6. The summed E-state index contributed by atoms with van der Waals surface area (Å²) < 4.78 is 5.35. The highest BCUT2D eigenvalue weighted by Gasteiger charge is 2.33. The second-order valence-electron chi connectivity index (χ2n) is 5.23. The van der Waals surface area contributed by atoms with E-state index in [-0.39, 0.29) is 0 Å². The van der Waals surface area contributed by atoms with E-state index in [0.29, 0.717) is 19.4 Å². The van der Waals surface area contributed by atoms with Crippen LogP contribution in [-0.2, 0) is 4.79 Å². The molecule has 0 heterocycles. The Morgan fingerprint density at radius 1 is 1.23 bits per heavy atom. The number of hydrogen-bond acceptors (Lipinski definition) is 4. The van der Waals surface area contributed by atoms with E-state index in [1.165, 1.54) is 0 Å². The molecule has 0 fully saturated rings. The number of rotatable bonds is 9. The monoisotopic (exact) mass is 306 g/mol. The van der Waals surface area contributed by atoms with Crippen molar-refractivity contribution in [3.63, 3.8) is 0 Å². The highest BCUT2D eigenvalue weighted by Crippen LogP contribution is 2.19. The van der Waals surface area contributed by atoms with Crippen molar-refractivity contribution in [2.24, 2.45) is 5.10 Å². The van der Waals surface area contributed by atoms with Gasteiger partial charge in [-0.05, 0) is 49.6 Å². The molecule has 2 N–H and O–H groups in total. The summed E-state index contributed by atoms with van der Waals surface area (Å²) in [5.41, 5.74) is 1.94. The van der Waals surface area contributed by atoms with E-state index in [0.717, 1.165) is 24.2 Å². The Bertz CT molecular complexity index is 477. The molecule has 0 aliphatic heterocycles. The molecule has 0 aliphatic rings. The first kappa shape index (κ1) is 18.2. The molecule has 0 aliphatic carbocycles. The standard InChI is InChI=1S/C17H26N2O3/c1-4-11-17(21,12-5-2)16(20)19-18-13-14-7-9-15(10-8-14)22-6-3/h7-10,13,21H,4-6,11-12H2,1-3H3,(H,19,20).